The highest BCUT2D eigenvalue weighted by Crippen LogP contribution is 2.26. The van der Waals surface area contributed by atoms with Crippen LogP contribution in [-0.2, 0) is 20.7 Å². The summed E-state index contributed by atoms with van der Waals surface area (Å²) in [5.74, 6) is -0.462. The van der Waals surface area contributed by atoms with Crippen LogP contribution in [0.25, 0.3) is 0 Å². The molecule has 2 heterocycles. The summed E-state index contributed by atoms with van der Waals surface area (Å²) in [6.07, 6.45) is -0.0633. The number of ether oxygens (including phenoxy) is 3. The van der Waals surface area contributed by atoms with E-state index in [0.717, 1.165) is 50.8 Å². The smallest absolute Gasteiger partial charge is 0.490 e. The van der Waals surface area contributed by atoms with Crippen LogP contribution in [0.3, 0.4) is 0 Å². The largest absolute Gasteiger partial charge is 0.497 e. The van der Waals surface area contributed by atoms with Gasteiger partial charge in [-0.05, 0) is 49.3 Å². The molecule has 2 atom stereocenters. The van der Waals surface area contributed by atoms with E-state index in [0.29, 0.717) is 12.0 Å². The first-order valence-electron chi connectivity index (χ1n) is 10.5. The Balaban J connectivity index is 0.000000423. The van der Waals surface area contributed by atoms with E-state index >= 15 is 0 Å². The second kappa shape index (κ2) is 12.3. The number of nitrogens with zero attached hydrogens (tertiary/aromatic N) is 1. The number of benzene rings is 1. The van der Waals surface area contributed by atoms with Crippen LogP contribution >= 0.6 is 0 Å². The molecule has 0 radical (unpaired) electrons. The molecule has 1 aromatic carbocycles. The van der Waals surface area contributed by atoms with E-state index in [-0.39, 0.29) is 0 Å². The maximum atomic E-state index is 10.6. The van der Waals surface area contributed by atoms with Crippen molar-refractivity contribution in [3.63, 3.8) is 0 Å². The first-order chi connectivity index (χ1) is 14.7. The van der Waals surface area contributed by atoms with Crippen molar-refractivity contribution in [2.45, 2.75) is 38.0 Å². The standard InChI is InChI=1S/C20H31NO3.C2HF3O2/c1-22-19-5-3-16(4-6-19)13-18-15-21(10-7-20(18)23-2)14-17-8-11-24-12-9-17;3-2(4,5)1(6)7/h3-6,17-18,20H,7-15H2,1-2H3;(H,6,7)/t18-,20-;/m0./s1. The zero-order valence-corrected chi connectivity index (χ0v) is 18.1. The number of halogens is 3. The summed E-state index contributed by atoms with van der Waals surface area (Å²) in [7, 11) is 3.57. The molecule has 2 aliphatic rings. The number of alkyl halides is 3. The van der Waals surface area contributed by atoms with Gasteiger partial charge in [-0.3, -0.25) is 0 Å². The molecule has 1 aromatic rings. The molecule has 31 heavy (non-hydrogen) atoms. The highest BCUT2D eigenvalue weighted by Gasteiger charge is 2.38. The Labute approximate surface area is 181 Å². The Kier molecular flexibility index (Phi) is 10.1. The van der Waals surface area contributed by atoms with Gasteiger partial charge in [0, 0.05) is 45.9 Å². The van der Waals surface area contributed by atoms with Gasteiger partial charge in [0.05, 0.1) is 13.2 Å². The number of piperidine rings is 1. The normalized spacial score (nSPS) is 23.0. The fourth-order valence-corrected chi connectivity index (χ4v) is 4.12. The van der Waals surface area contributed by atoms with Crippen LogP contribution in [0.1, 0.15) is 24.8 Å². The fourth-order valence-electron chi connectivity index (χ4n) is 4.12. The molecular weight excluding hydrogens is 415 g/mol. The molecular formula is C22H32F3NO5. The predicted octanol–water partition coefficient (Wildman–Crippen LogP) is 3.63. The van der Waals surface area contributed by atoms with Crippen molar-refractivity contribution in [3.05, 3.63) is 29.8 Å². The first-order valence-corrected chi connectivity index (χ1v) is 10.5. The predicted molar refractivity (Wildman–Crippen MR) is 109 cm³/mol. The van der Waals surface area contributed by atoms with Gasteiger partial charge in [-0.25, -0.2) is 4.79 Å². The molecule has 0 unspecified atom stereocenters. The molecule has 0 spiro atoms. The Morgan fingerprint density at radius 1 is 1.16 bits per heavy atom. The quantitative estimate of drug-likeness (QED) is 0.718. The first kappa shape index (κ1) is 25.4. The van der Waals surface area contributed by atoms with Gasteiger partial charge in [0.2, 0.25) is 0 Å². The Bertz CT molecular complexity index is 662. The molecule has 2 aliphatic heterocycles. The Hall–Kier alpha value is -1.84. The fraction of sp³-hybridized carbons (Fsp3) is 0.682. The minimum absolute atomic E-state index is 0.373. The molecule has 2 saturated heterocycles. The molecule has 0 aliphatic carbocycles. The van der Waals surface area contributed by atoms with Crippen molar-refractivity contribution in [1.82, 2.24) is 4.90 Å². The van der Waals surface area contributed by atoms with E-state index in [2.05, 4.69) is 29.2 Å². The summed E-state index contributed by atoms with van der Waals surface area (Å²) in [4.78, 5) is 11.5. The van der Waals surface area contributed by atoms with E-state index < -0.39 is 12.1 Å². The Morgan fingerprint density at radius 3 is 2.29 bits per heavy atom. The number of hydrogen-bond acceptors (Lipinski definition) is 5. The number of carbonyl (C=O) groups is 1. The maximum absolute atomic E-state index is 10.6. The van der Waals surface area contributed by atoms with Crippen molar-refractivity contribution in [1.29, 1.82) is 0 Å². The van der Waals surface area contributed by atoms with Gasteiger partial charge in [0.25, 0.3) is 0 Å². The third-order valence-electron chi connectivity index (χ3n) is 5.81. The van der Waals surface area contributed by atoms with Crippen LogP contribution in [0.5, 0.6) is 5.75 Å². The average Bonchev–Trinajstić information content (AvgIpc) is 2.75. The summed E-state index contributed by atoms with van der Waals surface area (Å²) >= 11 is 0. The third kappa shape index (κ3) is 8.66. The SMILES string of the molecule is COc1ccc(C[C@H]2CN(CC3CCOCC3)CC[C@@H]2OC)cc1.O=C(O)C(F)(F)F. The van der Waals surface area contributed by atoms with Gasteiger partial charge in [-0.2, -0.15) is 13.2 Å². The highest BCUT2D eigenvalue weighted by molar-refractivity contribution is 5.73. The molecule has 9 heteroatoms. The summed E-state index contributed by atoms with van der Waals surface area (Å²) in [6.45, 7) is 5.40. The number of rotatable bonds is 6. The summed E-state index contributed by atoms with van der Waals surface area (Å²) in [5.41, 5.74) is 1.37. The monoisotopic (exact) mass is 447 g/mol. The number of carboxylic acids is 1. The second-order valence-corrected chi connectivity index (χ2v) is 7.99. The number of hydrogen-bond donors (Lipinski definition) is 1. The lowest BCUT2D eigenvalue weighted by Gasteiger charge is -2.40. The van der Waals surface area contributed by atoms with E-state index in [1.807, 2.05) is 7.11 Å². The van der Waals surface area contributed by atoms with Crippen molar-refractivity contribution in [2.75, 3.05) is 47.1 Å². The van der Waals surface area contributed by atoms with Crippen LogP contribution in [0.15, 0.2) is 24.3 Å². The zero-order chi connectivity index (χ0) is 22.9. The maximum Gasteiger partial charge on any atom is 0.490 e. The third-order valence-corrected chi connectivity index (χ3v) is 5.81. The van der Waals surface area contributed by atoms with Crippen molar-refractivity contribution < 1.29 is 37.3 Å². The molecule has 0 saturated carbocycles. The number of carboxylic acid groups (broad SMARTS) is 1. The van der Waals surface area contributed by atoms with Gasteiger partial charge in [0.1, 0.15) is 5.75 Å². The number of methoxy groups -OCH3 is 2. The molecule has 176 valence electrons. The van der Waals surface area contributed by atoms with Gasteiger partial charge < -0.3 is 24.2 Å². The van der Waals surface area contributed by atoms with Crippen LogP contribution in [0, 0.1) is 11.8 Å². The topological polar surface area (TPSA) is 68.2 Å². The minimum Gasteiger partial charge on any atom is -0.497 e. The molecule has 6 nitrogen and oxygen atoms in total. The zero-order valence-electron chi connectivity index (χ0n) is 18.1. The average molecular weight is 447 g/mol. The lowest BCUT2D eigenvalue weighted by molar-refractivity contribution is -0.192. The molecule has 1 N–H and O–H groups in total. The lowest BCUT2D eigenvalue weighted by Crippen LogP contribution is -2.46. The molecule has 2 fully saturated rings. The van der Waals surface area contributed by atoms with Gasteiger partial charge in [0.15, 0.2) is 0 Å². The van der Waals surface area contributed by atoms with Crippen molar-refractivity contribution >= 4 is 5.97 Å². The molecule has 0 bridgehead atoms. The summed E-state index contributed by atoms with van der Waals surface area (Å²) in [6, 6.07) is 8.48. The highest BCUT2D eigenvalue weighted by atomic mass is 19.4. The Morgan fingerprint density at radius 2 is 1.77 bits per heavy atom. The van der Waals surface area contributed by atoms with E-state index in [9.17, 15) is 13.2 Å². The van der Waals surface area contributed by atoms with E-state index in [4.69, 9.17) is 24.1 Å². The van der Waals surface area contributed by atoms with Gasteiger partial charge in [-0.1, -0.05) is 12.1 Å². The van der Waals surface area contributed by atoms with Crippen LogP contribution in [0.2, 0.25) is 0 Å². The van der Waals surface area contributed by atoms with Gasteiger partial charge >= 0.3 is 12.1 Å². The second-order valence-electron chi connectivity index (χ2n) is 7.99. The van der Waals surface area contributed by atoms with Crippen molar-refractivity contribution in [3.8, 4) is 5.75 Å². The minimum atomic E-state index is -5.08. The van der Waals surface area contributed by atoms with Crippen molar-refractivity contribution in [2.24, 2.45) is 11.8 Å². The molecule has 0 aromatic heterocycles. The van der Waals surface area contributed by atoms with E-state index in [1.54, 1.807) is 7.11 Å². The lowest BCUT2D eigenvalue weighted by atomic mass is 9.87. The van der Waals surface area contributed by atoms with Gasteiger partial charge in [-0.15, -0.1) is 0 Å². The summed E-state index contributed by atoms with van der Waals surface area (Å²) < 4.78 is 48.3. The molecule has 0 amide bonds. The number of aliphatic carboxylic acids is 1. The van der Waals surface area contributed by atoms with E-state index in [1.165, 1.54) is 24.9 Å². The van der Waals surface area contributed by atoms with Crippen LogP contribution in [-0.4, -0.2) is 75.3 Å². The van der Waals surface area contributed by atoms with Crippen LogP contribution in [0.4, 0.5) is 13.2 Å². The molecule has 3 rings (SSSR count). The summed E-state index contributed by atoms with van der Waals surface area (Å²) in [5, 5.41) is 7.12. The van der Waals surface area contributed by atoms with Crippen LogP contribution < -0.4 is 4.74 Å². The number of likely N-dealkylation sites (tertiary alicyclic amines) is 1.